The molecule has 1 aromatic carbocycles. The Balaban J connectivity index is 1.47. The third-order valence-corrected chi connectivity index (χ3v) is 6.36. The quantitative estimate of drug-likeness (QED) is 0.186. The minimum atomic E-state index is -4.06. The summed E-state index contributed by atoms with van der Waals surface area (Å²) in [6.07, 6.45) is 10.8. The number of alkyl halides is 2. The third kappa shape index (κ3) is 6.97. The number of hydrogen-bond donors (Lipinski definition) is 0. The lowest BCUT2D eigenvalue weighted by molar-refractivity contribution is -0.187. The van der Waals surface area contributed by atoms with Crippen LogP contribution < -0.4 is 9.47 Å². The molecule has 0 radical (unpaired) electrons. The van der Waals surface area contributed by atoms with E-state index in [1.165, 1.54) is 44.4 Å². The first kappa shape index (κ1) is 26.0. The summed E-state index contributed by atoms with van der Waals surface area (Å²) in [5.74, 6) is -2.28. The van der Waals surface area contributed by atoms with Gasteiger partial charge in [0.1, 0.15) is 11.3 Å². The standard InChI is InChI=1S/C27H33F4NO2/c1-3-7-19-10-12-20(13-11-19)8-5-6-9-21-14-15-22(18-32-21)34-27(30,31)23-16-17-24(33-4-2)26(29)25(23)28/h3,7,14-20H,4-6,8-13H2,1-2H3. The predicted octanol–water partition coefficient (Wildman–Crippen LogP) is 7.98. The molecule has 1 aromatic heterocycles. The number of allylic oxidation sites excluding steroid dienone is 2. The van der Waals surface area contributed by atoms with Gasteiger partial charge in [-0.15, -0.1) is 0 Å². The Hall–Kier alpha value is -2.57. The van der Waals surface area contributed by atoms with Crippen LogP contribution in [0.15, 0.2) is 42.6 Å². The second kappa shape index (κ2) is 12.2. The van der Waals surface area contributed by atoms with Crippen molar-refractivity contribution in [2.75, 3.05) is 6.61 Å². The Bertz CT molecular complexity index is 938. The van der Waals surface area contributed by atoms with Crippen LogP contribution in [0.2, 0.25) is 0 Å². The number of ether oxygens (including phenoxy) is 2. The molecule has 7 heteroatoms. The van der Waals surface area contributed by atoms with E-state index >= 15 is 0 Å². The zero-order valence-electron chi connectivity index (χ0n) is 19.8. The van der Waals surface area contributed by atoms with Crippen LogP contribution in [-0.2, 0) is 12.5 Å². The van der Waals surface area contributed by atoms with Crippen molar-refractivity contribution in [1.82, 2.24) is 4.98 Å². The highest BCUT2D eigenvalue weighted by Gasteiger charge is 2.39. The molecule has 0 bridgehead atoms. The number of aryl methyl sites for hydroxylation is 1. The van der Waals surface area contributed by atoms with E-state index in [2.05, 4.69) is 28.8 Å². The minimum Gasteiger partial charge on any atom is -0.491 e. The van der Waals surface area contributed by atoms with Gasteiger partial charge < -0.3 is 9.47 Å². The fourth-order valence-electron chi connectivity index (χ4n) is 4.53. The van der Waals surface area contributed by atoms with Crippen molar-refractivity contribution in [3.05, 3.63) is 65.5 Å². The normalized spacial score (nSPS) is 18.9. The van der Waals surface area contributed by atoms with E-state index in [-0.39, 0.29) is 12.4 Å². The second-order valence-electron chi connectivity index (χ2n) is 8.83. The highest BCUT2D eigenvalue weighted by Crippen LogP contribution is 2.36. The van der Waals surface area contributed by atoms with Crippen molar-refractivity contribution in [1.29, 1.82) is 0 Å². The Kier molecular flexibility index (Phi) is 9.36. The maximum Gasteiger partial charge on any atom is 0.429 e. The van der Waals surface area contributed by atoms with Crippen LogP contribution in [0.25, 0.3) is 0 Å². The lowest BCUT2D eigenvalue weighted by atomic mass is 9.79. The molecule has 0 N–H and O–H groups in total. The molecule has 1 heterocycles. The van der Waals surface area contributed by atoms with Crippen LogP contribution in [0.1, 0.15) is 70.1 Å². The van der Waals surface area contributed by atoms with Crippen molar-refractivity contribution in [3.8, 4) is 11.5 Å². The Morgan fingerprint density at radius 1 is 1.03 bits per heavy atom. The molecule has 34 heavy (non-hydrogen) atoms. The second-order valence-corrected chi connectivity index (χ2v) is 8.83. The summed E-state index contributed by atoms with van der Waals surface area (Å²) in [5.41, 5.74) is -0.414. The van der Waals surface area contributed by atoms with Crippen molar-refractivity contribution in [2.24, 2.45) is 11.8 Å². The predicted molar refractivity (Wildman–Crippen MR) is 124 cm³/mol. The topological polar surface area (TPSA) is 31.4 Å². The van der Waals surface area contributed by atoms with Gasteiger partial charge in [0.2, 0.25) is 5.82 Å². The largest absolute Gasteiger partial charge is 0.491 e. The number of hydrogen-bond acceptors (Lipinski definition) is 3. The fourth-order valence-corrected chi connectivity index (χ4v) is 4.53. The molecule has 0 amide bonds. The fraction of sp³-hybridized carbons (Fsp3) is 0.519. The molecule has 3 nitrogen and oxygen atoms in total. The molecule has 1 fully saturated rings. The molecule has 0 spiro atoms. The SMILES string of the molecule is CC=CC1CCC(CCCCc2ccc(OC(F)(F)c3ccc(OCC)c(F)c3F)cn2)CC1. The average Bonchev–Trinajstić information content (AvgIpc) is 2.82. The first-order valence-corrected chi connectivity index (χ1v) is 12.1. The molecular weight excluding hydrogens is 446 g/mol. The van der Waals surface area contributed by atoms with Gasteiger partial charge >= 0.3 is 6.11 Å². The van der Waals surface area contributed by atoms with Gasteiger partial charge in [-0.1, -0.05) is 25.0 Å². The van der Waals surface area contributed by atoms with Crippen LogP contribution in [0.3, 0.4) is 0 Å². The molecule has 0 saturated heterocycles. The molecule has 0 unspecified atom stereocenters. The molecule has 186 valence electrons. The van der Waals surface area contributed by atoms with E-state index in [9.17, 15) is 17.6 Å². The van der Waals surface area contributed by atoms with Crippen LogP contribution >= 0.6 is 0 Å². The summed E-state index contributed by atoms with van der Waals surface area (Å²) in [5, 5.41) is 0. The number of benzene rings is 1. The van der Waals surface area contributed by atoms with Crippen LogP contribution in [0, 0.1) is 23.5 Å². The van der Waals surface area contributed by atoms with Crippen LogP contribution in [0.5, 0.6) is 11.5 Å². The van der Waals surface area contributed by atoms with E-state index in [4.69, 9.17) is 4.74 Å². The van der Waals surface area contributed by atoms with Gasteiger partial charge in [0.25, 0.3) is 0 Å². The highest BCUT2D eigenvalue weighted by atomic mass is 19.3. The molecule has 0 atom stereocenters. The summed E-state index contributed by atoms with van der Waals surface area (Å²) >= 11 is 0. The van der Waals surface area contributed by atoms with Gasteiger partial charge in [-0.25, -0.2) is 4.39 Å². The van der Waals surface area contributed by atoms with Crippen molar-refractivity contribution < 1.29 is 27.0 Å². The van der Waals surface area contributed by atoms with E-state index < -0.39 is 29.1 Å². The maximum absolute atomic E-state index is 14.5. The van der Waals surface area contributed by atoms with Crippen LogP contribution in [0.4, 0.5) is 17.6 Å². The molecule has 1 aliphatic rings. The lowest BCUT2D eigenvalue weighted by Crippen LogP contribution is -2.24. The molecular formula is C27H33F4NO2. The number of rotatable bonds is 11. The van der Waals surface area contributed by atoms with Gasteiger partial charge in [-0.05, 0) is 88.5 Å². The van der Waals surface area contributed by atoms with Gasteiger partial charge in [0, 0.05) is 5.69 Å². The minimum absolute atomic E-state index is 0.0818. The summed E-state index contributed by atoms with van der Waals surface area (Å²) in [4.78, 5) is 4.20. The summed E-state index contributed by atoms with van der Waals surface area (Å²) in [6.45, 7) is 3.74. The number of unbranched alkanes of at least 4 members (excludes halogenated alkanes) is 1. The van der Waals surface area contributed by atoms with E-state index in [1.54, 1.807) is 13.0 Å². The van der Waals surface area contributed by atoms with Crippen molar-refractivity contribution >= 4 is 0 Å². The van der Waals surface area contributed by atoms with E-state index in [0.29, 0.717) is 0 Å². The van der Waals surface area contributed by atoms with E-state index in [0.717, 1.165) is 48.9 Å². The first-order chi connectivity index (χ1) is 16.3. The monoisotopic (exact) mass is 479 g/mol. The Labute approximate surface area is 199 Å². The van der Waals surface area contributed by atoms with Crippen molar-refractivity contribution in [2.45, 2.75) is 71.3 Å². The molecule has 0 aliphatic heterocycles. The molecule has 3 rings (SSSR count). The highest BCUT2D eigenvalue weighted by molar-refractivity contribution is 5.33. The van der Waals surface area contributed by atoms with Gasteiger partial charge in [0.05, 0.1) is 12.8 Å². The Morgan fingerprint density at radius 2 is 1.79 bits per heavy atom. The average molecular weight is 480 g/mol. The molecule has 1 aliphatic carbocycles. The smallest absolute Gasteiger partial charge is 0.429 e. The zero-order valence-corrected chi connectivity index (χ0v) is 19.8. The summed E-state index contributed by atoms with van der Waals surface area (Å²) in [7, 11) is 0. The number of aromatic nitrogens is 1. The maximum atomic E-state index is 14.5. The summed E-state index contributed by atoms with van der Waals surface area (Å²) in [6, 6.07) is 4.73. The van der Waals surface area contributed by atoms with Crippen molar-refractivity contribution in [3.63, 3.8) is 0 Å². The Morgan fingerprint density at radius 3 is 2.44 bits per heavy atom. The van der Waals surface area contributed by atoms with Gasteiger partial charge in [-0.2, -0.15) is 13.2 Å². The first-order valence-electron chi connectivity index (χ1n) is 12.1. The van der Waals surface area contributed by atoms with E-state index in [1.807, 2.05) is 0 Å². The zero-order chi connectivity index (χ0) is 24.6. The molecule has 1 saturated carbocycles. The summed E-state index contributed by atoms with van der Waals surface area (Å²) < 4.78 is 66.7. The third-order valence-electron chi connectivity index (χ3n) is 6.36. The molecule has 2 aromatic rings. The van der Waals surface area contributed by atoms with Gasteiger partial charge in [-0.3, -0.25) is 4.98 Å². The van der Waals surface area contributed by atoms with Gasteiger partial charge in [0.15, 0.2) is 11.6 Å². The number of halogens is 4. The lowest BCUT2D eigenvalue weighted by Gasteiger charge is -2.26. The van der Waals surface area contributed by atoms with Crippen LogP contribution in [-0.4, -0.2) is 11.6 Å². The number of nitrogens with zero attached hydrogens (tertiary/aromatic N) is 1. The number of pyridine rings is 1.